The highest BCUT2D eigenvalue weighted by atomic mass is 19.1. The number of fused-ring (bicyclic) bond motifs is 1. The molecule has 0 spiro atoms. The zero-order valence-electron chi connectivity index (χ0n) is 11.2. The Kier molecular flexibility index (Phi) is 3.70. The second kappa shape index (κ2) is 5.63. The van der Waals surface area contributed by atoms with Crippen LogP contribution in [-0.4, -0.2) is 5.11 Å². The Morgan fingerprint density at radius 2 is 1.95 bits per heavy atom. The van der Waals surface area contributed by atoms with Crippen molar-refractivity contribution in [3.05, 3.63) is 65.0 Å². The second-order valence-corrected chi connectivity index (χ2v) is 5.18. The highest BCUT2D eigenvalue weighted by Gasteiger charge is 2.18. The first kappa shape index (κ1) is 13.1. The predicted molar refractivity (Wildman–Crippen MR) is 75.1 cm³/mol. The Morgan fingerprint density at radius 1 is 1.15 bits per heavy atom. The Labute approximate surface area is 117 Å². The van der Waals surface area contributed by atoms with E-state index in [1.807, 2.05) is 18.2 Å². The Balaban J connectivity index is 1.72. The third kappa shape index (κ3) is 2.83. The normalized spacial score (nSPS) is 17.6. The number of aliphatic hydroxyl groups excluding tert-OH is 1. The molecule has 0 fully saturated rings. The van der Waals surface area contributed by atoms with Gasteiger partial charge >= 0.3 is 0 Å². The van der Waals surface area contributed by atoms with Crippen molar-refractivity contribution in [2.75, 3.05) is 0 Å². The third-order valence-corrected chi connectivity index (χ3v) is 3.72. The Morgan fingerprint density at radius 3 is 2.75 bits per heavy atom. The standard InChI is InChI=1S/C17H17FO2/c18-14-7-4-12(5-8-14)11-20-15-9-6-13-2-1-3-17(19)16(13)10-15/h4-10,17,19H,1-3,11H2. The molecule has 3 heteroatoms. The molecule has 3 rings (SSSR count). The molecule has 1 aliphatic rings. The molecule has 1 atom stereocenters. The summed E-state index contributed by atoms with van der Waals surface area (Å²) < 4.78 is 18.5. The molecule has 2 aromatic carbocycles. The van der Waals surface area contributed by atoms with Gasteiger partial charge in [0.1, 0.15) is 18.2 Å². The summed E-state index contributed by atoms with van der Waals surface area (Å²) in [4.78, 5) is 0. The van der Waals surface area contributed by atoms with Crippen LogP contribution in [0, 0.1) is 5.82 Å². The van der Waals surface area contributed by atoms with Crippen molar-refractivity contribution in [3.8, 4) is 5.75 Å². The smallest absolute Gasteiger partial charge is 0.123 e. The van der Waals surface area contributed by atoms with Crippen LogP contribution in [0.15, 0.2) is 42.5 Å². The van der Waals surface area contributed by atoms with Crippen molar-refractivity contribution in [1.82, 2.24) is 0 Å². The molecule has 1 N–H and O–H groups in total. The molecule has 0 saturated heterocycles. The van der Waals surface area contributed by atoms with E-state index in [1.54, 1.807) is 12.1 Å². The van der Waals surface area contributed by atoms with Crippen LogP contribution < -0.4 is 4.74 Å². The van der Waals surface area contributed by atoms with Crippen LogP contribution in [0.3, 0.4) is 0 Å². The number of hydrogen-bond acceptors (Lipinski definition) is 2. The molecule has 0 aromatic heterocycles. The van der Waals surface area contributed by atoms with Crippen molar-refractivity contribution in [2.24, 2.45) is 0 Å². The molecule has 0 saturated carbocycles. The predicted octanol–water partition coefficient (Wildman–Crippen LogP) is 3.77. The topological polar surface area (TPSA) is 29.5 Å². The van der Waals surface area contributed by atoms with Crippen molar-refractivity contribution in [1.29, 1.82) is 0 Å². The average Bonchev–Trinajstić information content (AvgIpc) is 2.47. The fourth-order valence-corrected chi connectivity index (χ4v) is 2.59. The quantitative estimate of drug-likeness (QED) is 0.921. The van der Waals surface area contributed by atoms with Gasteiger partial charge in [-0.25, -0.2) is 4.39 Å². The van der Waals surface area contributed by atoms with Crippen LogP contribution in [0.5, 0.6) is 5.75 Å². The highest BCUT2D eigenvalue weighted by molar-refractivity contribution is 5.38. The second-order valence-electron chi connectivity index (χ2n) is 5.18. The maximum Gasteiger partial charge on any atom is 0.123 e. The molecule has 1 unspecified atom stereocenters. The van der Waals surface area contributed by atoms with Gasteiger partial charge in [-0.3, -0.25) is 0 Å². The van der Waals surface area contributed by atoms with Crippen LogP contribution in [0.2, 0.25) is 0 Å². The first-order chi connectivity index (χ1) is 9.72. The van der Waals surface area contributed by atoms with Crippen LogP contribution in [-0.2, 0) is 13.0 Å². The number of hydrogen-bond donors (Lipinski definition) is 1. The van der Waals surface area contributed by atoms with Gasteiger partial charge in [-0.15, -0.1) is 0 Å². The maximum atomic E-state index is 12.8. The Bertz CT molecular complexity index is 592. The van der Waals surface area contributed by atoms with Gasteiger partial charge in [-0.1, -0.05) is 18.2 Å². The lowest BCUT2D eigenvalue weighted by molar-refractivity contribution is 0.156. The highest BCUT2D eigenvalue weighted by Crippen LogP contribution is 2.32. The molecule has 0 aliphatic heterocycles. The van der Waals surface area contributed by atoms with E-state index >= 15 is 0 Å². The van der Waals surface area contributed by atoms with E-state index in [2.05, 4.69) is 0 Å². The third-order valence-electron chi connectivity index (χ3n) is 3.72. The molecular weight excluding hydrogens is 255 g/mol. The number of aryl methyl sites for hydroxylation is 1. The van der Waals surface area contributed by atoms with Crippen molar-refractivity contribution in [2.45, 2.75) is 32.0 Å². The van der Waals surface area contributed by atoms with Gasteiger partial charge in [-0.2, -0.15) is 0 Å². The molecule has 0 amide bonds. The van der Waals surface area contributed by atoms with Crippen LogP contribution >= 0.6 is 0 Å². The first-order valence-electron chi connectivity index (χ1n) is 6.90. The van der Waals surface area contributed by atoms with E-state index in [1.165, 1.54) is 17.7 Å². The van der Waals surface area contributed by atoms with E-state index in [0.29, 0.717) is 6.61 Å². The number of halogens is 1. The minimum atomic E-state index is -0.381. The lowest BCUT2D eigenvalue weighted by atomic mass is 9.89. The lowest BCUT2D eigenvalue weighted by Crippen LogP contribution is -2.09. The summed E-state index contributed by atoms with van der Waals surface area (Å²) in [7, 11) is 0. The zero-order chi connectivity index (χ0) is 13.9. The summed E-state index contributed by atoms with van der Waals surface area (Å²) in [6, 6.07) is 12.1. The molecule has 0 bridgehead atoms. The van der Waals surface area contributed by atoms with Gasteiger partial charge < -0.3 is 9.84 Å². The summed E-state index contributed by atoms with van der Waals surface area (Å²) in [6.07, 6.45) is 2.48. The van der Waals surface area contributed by atoms with Gasteiger partial charge in [0.25, 0.3) is 0 Å². The monoisotopic (exact) mass is 272 g/mol. The fourth-order valence-electron chi connectivity index (χ4n) is 2.59. The SMILES string of the molecule is OC1CCCc2ccc(OCc3ccc(F)cc3)cc21. The molecule has 2 nitrogen and oxygen atoms in total. The number of aliphatic hydroxyl groups is 1. The number of rotatable bonds is 3. The van der Waals surface area contributed by atoms with Crippen molar-refractivity contribution < 1.29 is 14.2 Å². The molecule has 2 aromatic rings. The van der Waals surface area contributed by atoms with E-state index in [-0.39, 0.29) is 11.9 Å². The van der Waals surface area contributed by atoms with E-state index in [9.17, 15) is 9.50 Å². The van der Waals surface area contributed by atoms with Gasteiger partial charge in [0.15, 0.2) is 0 Å². The molecule has 0 heterocycles. The van der Waals surface area contributed by atoms with Gasteiger partial charge in [0, 0.05) is 0 Å². The van der Waals surface area contributed by atoms with Crippen molar-refractivity contribution >= 4 is 0 Å². The summed E-state index contributed by atoms with van der Waals surface area (Å²) in [5, 5.41) is 10.0. The first-order valence-corrected chi connectivity index (χ1v) is 6.90. The summed E-state index contributed by atoms with van der Waals surface area (Å²) in [5.41, 5.74) is 3.11. The van der Waals surface area contributed by atoms with Crippen LogP contribution in [0.1, 0.15) is 35.6 Å². The molecule has 104 valence electrons. The summed E-state index contributed by atoms with van der Waals surface area (Å²) >= 11 is 0. The van der Waals surface area contributed by atoms with Gasteiger partial charge in [0.05, 0.1) is 6.10 Å². The maximum absolute atomic E-state index is 12.8. The minimum Gasteiger partial charge on any atom is -0.489 e. The summed E-state index contributed by atoms with van der Waals surface area (Å²) in [6.45, 7) is 0.398. The number of ether oxygens (including phenoxy) is 1. The molecule has 0 radical (unpaired) electrons. The summed E-state index contributed by atoms with van der Waals surface area (Å²) in [5.74, 6) is 0.500. The molecular formula is C17H17FO2. The largest absolute Gasteiger partial charge is 0.489 e. The average molecular weight is 272 g/mol. The van der Waals surface area contributed by atoms with E-state index in [0.717, 1.165) is 36.1 Å². The minimum absolute atomic E-state index is 0.245. The van der Waals surface area contributed by atoms with Crippen molar-refractivity contribution in [3.63, 3.8) is 0 Å². The Hall–Kier alpha value is -1.87. The van der Waals surface area contributed by atoms with Gasteiger partial charge in [0.2, 0.25) is 0 Å². The van der Waals surface area contributed by atoms with E-state index < -0.39 is 0 Å². The van der Waals surface area contributed by atoms with Crippen LogP contribution in [0.25, 0.3) is 0 Å². The van der Waals surface area contributed by atoms with Gasteiger partial charge in [-0.05, 0) is 60.2 Å². The number of benzene rings is 2. The fraction of sp³-hybridized carbons (Fsp3) is 0.294. The van der Waals surface area contributed by atoms with Crippen LogP contribution in [0.4, 0.5) is 4.39 Å². The van der Waals surface area contributed by atoms with E-state index in [4.69, 9.17) is 4.74 Å². The molecule has 20 heavy (non-hydrogen) atoms. The lowest BCUT2D eigenvalue weighted by Gasteiger charge is -2.22. The zero-order valence-corrected chi connectivity index (χ0v) is 11.2. The molecule has 1 aliphatic carbocycles.